The van der Waals surface area contributed by atoms with E-state index in [2.05, 4.69) is 18.3 Å². The molecular formula is C11H17NO. The molecule has 0 aliphatic carbocycles. The van der Waals surface area contributed by atoms with Crippen LogP contribution in [0.1, 0.15) is 25.5 Å². The molecule has 0 radical (unpaired) electrons. The van der Waals surface area contributed by atoms with Gasteiger partial charge in [0.1, 0.15) is 5.76 Å². The van der Waals surface area contributed by atoms with Crippen LogP contribution in [-0.2, 0) is 6.42 Å². The molecule has 0 saturated carbocycles. The summed E-state index contributed by atoms with van der Waals surface area (Å²) < 4.78 is 5.35. The molecule has 72 valence electrons. The Morgan fingerprint density at radius 3 is 3.23 bits per heavy atom. The number of furan rings is 1. The van der Waals surface area contributed by atoms with E-state index in [0.29, 0.717) is 6.04 Å². The number of hydrogen-bond acceptors (Lipinski definition) is 2. The van der Waals surface area contributed by atoms with Crippen LogP contribution in [-0.4, -0.2) is 12.6 Å². The van der Waals surface area contributed by atoms with Gasteiger partial charge in [0.2, 0.25) is 0 Å². The number of piperidine rings is 1. The van der Waals surface area contributed by atoms with Crippen LogP contribution in [0.15, 0.2) is 22.8 Å². The molecule has 13 heavy (non-hydrogen) atoms. The van der Waals surface area contributed by atoms with E-state index in [4.69, 9.17) is 4.42 Å². The van der Waals surface area contributed by atoms with Crippen molar-refractivity contribution in [2.45, 2.75) is 32.2 Å². The number of rotatable bonds is 2. The van der Waals surface area contributed by atoms with Crippen molar-refractivity contribution in [3.63, 3.8) is 0 Å². The summed E-state index contributed by atoms with van der Waals surface area (Å²) in [5.74, 6) is 1.95. The van der Waals surface area contributed by atoms with Gasteiger partial charge in [0.15, 0.2) is 0 Å². The molecule has 1 N–H and O–H groups in total. The van der Waals surface area contributed by atoms with Crippen molar-refractivity contribution in [3.05, 3.63) is 24.2 Å². The third kappa shape index (κ3) is 2.34. The fourth-order valence-corrected chi connectivity index (χ4v) is 2.13. The Hall–Kier alpha value is -0.760. The van der Waals surface area contributed by atoms with Crippen LogP contribution in [0.5, 0.6) is 0 Å². The fourth-order valence-electron chi connectivity index (χ4n) is 2.13. The zero-order chi connectivity index (χ0) is 9.10. The Labute approximate surface area is 79.3 Å². The number of nitrogens with one attached hydrogen (secondary N) is 1. The summed E-state index contributed by atoms with van der Waals surface area (Å²) in [7, 11) is 0. The van der Waals surface area contributed by atoms with Crippen molar-refractivity contribution in [3.8, 4) is 0 Å². The first-order valence-electron chi connectivity index (χ1n) is 5.10. The monoisotopic (exact) mass is 179 g/mol. The van der Waals surface area contributed by atoms with Crippen molar-refractivity contribution in [2.75, 3.05) is 6.54 Å². The summed E-state index contributed by atoms with van der Waals surface area (Å²) >= 11 is 0. The van der Waals surface area contributed by atoms with Crippen LogP contribution in [0.2, 0.25) is 0 Å². The summed E-state index contributed by atoms with van der Waals surface area (Å²) in [5.41, 5.74) is 0. The molecular weight excluding hydrogens is 162 g/mol. The van der Waals surface area contributed by atoms with E-state index in [1.807, 2.05) is 6.07 Å². The Balaban J connectivity index is 1.87. The lowest BCUT2D eigenvalue weighted by molar-refractivity contribution is 0.299. The van der Waals surface area contributed by atoms with Crippen LogP contribution >= 0.6 is 0 Å². The number of hydrogen-bond donors (Lipinski definition) is 1. The van der Waals surface area contributed by atoms with Crippen molar-refractivity contribution >= 4 is 0 Å². The van der Waals surface area contributed by atoms with Crippen LogP contribution in [0.4, 0.5) is 0 Å². The maximum Gasteiger partial charge on any atom is 0.104 e. The van der Waals surface area contributed by atoms with Crippen LogP contribution < -0.4 is 5.32 Å². The molecule has 2 rings (SSSR count). The Morgan fingerprint density at radius 1 is 1.62 bits per heavy atom. The van der Waals surface area contributed by atoms with E-state index in [9.17, 15) is 0 Å². The molecule has 2 atom stereocenters. The predicted octanol–water partition coefficient (Wildman–Crippen LogP) is 2.21. The van der Waals surface area contributed by atoms with E-state index in [1.165, 1.54) is 12.8 Å². The fraction of sp³-hybridized carbons (Fsp3) is 0.636. The molecule has 1 aromatic rings. The topological polar surface area (TPSA) is 25.2 Å². The highest BCUT2D eigenvalue weighted by molar-refractivity contribution is 5.00. The molecule has 0 bridgehead atoms. The Bertz CT molecular complexity index is 243. The molecule has 2 unspecified atom stereocenters. The van der Waals surface area contributed by atoms with Crippen LogP contribution in [0.25, 0.3) is 0 Å². The van der Waals surface area contributed by atoms with E-state index >= 15 is 0 Å². The van der Waals surface area contributed by atoms with Crippen molar-refractivity contribution < 1.29 is 4.42 Å². The van der Waals surface area contributed by atoms with Gasteiger partial charge in [-0.25, -0.2) is 0 Å². The van der Waals surface area contributed by atoms with Crippen molar-refractivity contribution in [1.29, 1.82) is 0 Å². The highest BCUT2D eigenvalue weighted by Gasteiger charge is 2.19. The second-order valence-corrected chi connectivity index (χ2v) is 4.03. The Morgan fingerprint density at radius 2 is 2.54 bits per heavy atom. The van der Waals surface area contributed by atoms with Gasteiger partial charge < -0.3 is 9.73 Å². The molecule has 2 heteroatoms. The lowest BCUT2D eigenvalue weighted by Crippen LogP contribution is -2.36. The SMILES string of the molecule is CC1CC(Cc2ccco2)CCN1. The Kier molecular flexibility index (Phi) is 2.69. The van der Waals surface area contributed by atoms with Crippen molar-refractivity contribution in [2.24, 2.45) is 5.92 Å². The third-order valence-electron chi connectivity index (χ3n) is 2.80. The van der Waals surface area contributed by atoms with Crippen LogP contribution in [0.3, 0.4) is 0 Å². The van der Waals surface area contributed by atoms with E-state index in [0.717, 1.165) is 24.6 Å². The van der Waals surface area contributed by atoms with E-state index in [-0.39, 0.29) is 0 Å². The first-order chi connectivity index (χ1) is 6.34. The third-order valence-corrected chi connectivity index (χ3v) is 2.80. The van der Waals surface area contributed by atoms with E-state index < -0.39 is 0 Å². The summed E-state index contributed by atoms with van der Waals surface area (Å²) in [5, 5.41) is 3.46. The molecule has 1 aliphatic heterocycles. The quantitative estimate of drug-likeness (QED) is 0.753. The largest absolute Gasteiger partial charge is 0.469 e. The second kappa shape index (κ2) is 3.97. The van der Waals surface area contributed by atoms with Crippen LogP contribution in [0, 0.1) is 5.92 Å². The molecule has 1 aliphatic rings. The minimum Gasteiger partial charge on any atom is -0.469 e. The summed E-state index contributed by atoms with van der Waals surface area (Å²) in [6.07, 6.45) is 5.44. The molecule has 0 aromatic carbocycles. The maximum atomic E-state index is 5.35. The molecule has 1 aromatic heterocycles. The minimum atomic E-state index is 0.675. The van der Waals surface area contributed by atoms with E-state index in [1.54, 1.807) is 6.26 Å². The predicted molar refractivity (Wildman–Crippen MR) is 52.6 cm³/mol. The lowest BCUT2D eigenvalue weighted by atomic mass is 9.90. The first-order valence-corrected chi connectivity index (χ1v) is 5.10. The summed E-state index contributed by atoms with van der Waals surface area (Å²) in [6, 6.07) is 4.72. The lowest BCUT2D eigenvalue weighted by Gasteiger charge is -2.27. The van der Waals surface area contributed by atoms with Gasteiger partial charge in [0, 0.05) is 12.5 Å². The molecule has 2 heterocycles. The normalized spacial score (nSPS) is 29.0. The van der Waals surface area contributed by atoms with Crippen molar-refractivity contribution in [1.82, 2.24) is 5.32 Å². The smallest absolute Gasteiger partial charge is 0.104 e. The van der Waals surface area contributed by atoms with Gasteiger partial charge >= 0.3 is 0 Å². The first kappa shape index (κ1) is 8.82. The molecule has 0 amide bonds. The second-order valence-electron chi connectivity index (χ2n) is 4.03. The molecule has 2 nitrogen and oxygen atoms in total. The van der Waals surface area contributed by atoms with Gasteiger partial charge in [-0.05, 0) is 44.4 Å². The standard InChI is InChI=1S/C11H17NO/c1-9-7-10(4-5-12-9)8-11-3-2-6-13-11/h2-3,6,9-10,12H,4-5,7-8H2,1H3. The zero-order valence-electron chi connectivity index (χ0n) is 8.12. The highest BCUT2D eigenvalue weighted by atomic mass is 16.3. The van der Waals surface area contributed by atoms with Gasteiger partial charge in [0.25, 0.3) is 0 Å². The van der Waals surface area contributed by atoms with Gasteiger partial charge in [-0.3, -0.25) is 0 Å². The zero-order valence-corrected chi connectivity index (χ0v) is 8.12. The maximum absolute atomic E-state index is 5.35. The summed E-state index contributed by atoms with van der Waals surface area (Å²) in [6.45, 7) is 3.42. The minimum absolute atomic E-state index is 0.675. The average molecular weight is 179 g/mol. The van der Waals surface area contributed by atoms with Gasteiger partial charge in [-0.15, -0.1) is 0 Å². The average Bonchev–Trinajstić information content (AvgIpc) is 2.57. The highest BCUT2D eigenvalue weighted by Crippen LogP contribution is 2.20. The molecule has 0 spiro atoms. The molecule has 1 saturated heterocycles. The summed E-state index contributed by atoms with van der Waals surface area (Å²) in [4.78, 5) is 0. The van der Waals surface area contributed by atoms with Gasteiger partial charge in [-0.1, -0.05) is 0 Å². The van der Waals surface area contributed by atoms with Gasteiger partial charge in [0.05, 0.1) is 6.26 Å². The molecule has 1 fully saturated rings. The van der Waals surface area contributed by atoms with Gasteiger partial charge in [-0.2, -0.15) is 0 Å².